The Morgan fingerprint density at radius 3 is 2.85 bits per heavy atom. The maximum atomic E-state index is 11.7. The second-order valence-electron chi connectivity index (χ2n) is 4.40. The second-order valence-corrected chi connectivity index (χ2v) is 5.59. The molecule has 1 fully saturated rings. The second kappa shape index (κ2) is 7.09. The van der Waals surface area contributed by atoms with Crippen molar-refractivity contribution >= 4 is 28.7 Å². The Balaban J connectivity index is 1.83. The molecule has 6 heteroatoms. The van der Waals surface area contributed by atoms with Crippen LogP contribution in [0.1, 0.15) is 12.0 Å². The van der Waals surface area contributed by atoms with Gasteiger partial charge in [0.2, 0.25) is 11.8 Å². The number of aliphatic imine (C=N–C) groups is 1. The van der Waals surface area contributed by atoms with E-state index in [1.54, 1.807) is 7.05 Å². The number of amides is 2. The lowest BCUT2D eigenvalue weighted by molar-refractivity contribution is -0.124. The molecule has 1 aliphatic heterocycles. The molecule has 1 aromatic carbocycles. The first-order valence-corrected chi connectivity index (χ1v) is 7.33. The average Bonchev–Trinajstić information content (AvgIpc) is 2.80. The summed E-state index contributed by atoms with van der Waals surface area (Å²) >= 11 is 1.33. The average molecular weight is 291 g/mol. The molecular weight excluding hydrogens is 274 g/mol. The number of hydrogen-bond donors (Lipinski definition) is 2. The molecule has 1 atom stereocenters. The first-order chi connectivity index (χ1) is 9.69. The molecule has 2 amide bonds. The fourth-order valence-electron chi connectivity index (χ4n) is 1.82. The minimum absolute atomic E-state index is 0.136. The Labute approximate surface area is 122 Å². The molecule has 0 bridgehead atoms. The number of benzene rings is 1. The molecule has 106 valence electrons. The highest BCUT2D eigenvalue weighted by molar-refractivity contribution is 8.15. The fourth-order valence-corrected chi connectivity index (χ4v) is 2.81. The molecular formula is C14H17N3O2S. The van der Waals surface area contributed by atoms with Crippen LogP contribution in [0.2, 0.25) is 0 Å². The van der Waals surface area contributed by atoms with Crippen LogP contribution in [0.4, 0.5) is 0 Å². The van der Waals surface area contributed by atoms with Crippen LogP contribution in [0, 0.1) is 0 Å². The summed E-state index contributed by atoms with van der Waals surface area (Å²) in [5.74, 6) is -0.278. The van der Waals surface area contributed by atoms with Gasteiger partial charge in [-0.15, -0.1) is 0 Å². The van der Waals surface area contributed by atoms with Gasteiger partial charge in [0, 0.05) is 20.0 Å². The first kappa shape index (κ1) is 14.6. The number of carbonyl (C=O) groups is 2. The van der Waals surface area contributed by atoms with Crippen LogP contribution in [0.5, 0.6) is 0 Å². The normalized spacial score (nSPS) is 19.9. The maximum Gasteiger partial charge on any atom is 0.240 e. The van der Waals surface area contributed by atoms with Gasteiger partial charge in [0.1, 0.15) is 5.25 Å². The van der Waals surface area contributed by atoms with Crippen molar-refractivity contribution in [3.05, 3.63) is 35.9 Å². The van der Waals surface area contributed by atoms with Gasteiger partial charge in [-0.05, 0) is 12.0 Å². The van der Waals surface area contributed by atoms with E-state index >= 15 is 0 Å². The highest BCUT2D eigenvalue weighted by atomic mass is 32.2. The summed E-state index contributed by atoms with van der Waals surface area (Å²) in [6, 6.07) is 10.1. The molecule has 2 N–H and O–H groups in total. The zero-order chi connectivity index (χ0) is 14.4. The molecule has 0 radical (unpaired) electrons. The molecule has 1 unspecified atom stereocenters. The Bertz CT molecular complexity index is 516. The van der Waals surface area contributed by atoms with Crippen molar-refractivity contribution in [3.63, 3.8) is 0 Å². The van der Waals surface area contributed by atoms with Gasteiger partial charge < -0.3 is 10.6 Å². The van der Waals surface area contributed by atoms with Gasteiger partial charge in [-0.3, -0.25) is 14.6 Å². The lowest BCUT2D eigenvalue weighted by Crippen LogP contribution is -2.29. The van der Waals surface area contributed by atoms with E-state index < -0.39 is 0 Å². The van der Waals surface area contributed by atoms with Crippen molar-refractivity contribution in [1.82, 2.24) is 10.6 Å². The standard InChI is InChI=1S/C14H17N3O2S/c1-15-12(18)9-11-13(19)17-14(20-11)16-8-7-10-5-3-2-4-6-10/h2-6,11H,7-9H2,1H3,(H,15,18)(H,16,17,19). The van der Waals surface area contributed by atoms with Crippen LogP contribution in [-0.2, 0) is 16.0 Å². The molecule has 1 heterocycles. The largest absolute Gasteiger partial charge is 0.359 e. The lowest BCUT2D eigenvalue weighted by Gasteiger charge is -2.02. The van der Waals surface area contributed by atoms with Crippen LogP contribution in [0.15, 0.2) is 35.3 Å². The topological polar surface area (TPSA) is 70.6 Å². The van der Waals surface area contributed by atoms with Crippen molar-refractivity contribution in [3.8, 4) is 0 Å². The summed E-state index contributed by atoms with van der Waals surface area (Å²) in [6.45, 7) is 0.624. The minimum Gasteiger partial charge on any atom is -0.359 e. The van der Waals surface area contributed by atoms with Crippen LogP contribution in [0.25, 0.3) is 0 Å². The van der Waals surface area contributed by atoms with Gasteiger partial charge in [0.15, 0.2) is 5.17 Å². The third kappa shape index (κ3) is 4.09. The van der Waals surface area contributed by atoms with Gasteiger partial charge in [0.05, 0.1) is 0 Å². The summed E-state index contributed by atoms with van der Waals surface area (Å²) in [7, 11) is 1.56. The lowest BCUT2D eigenvalue weighted by atomic mass is 10.2. The third-order valence-corrected chi connectivity index (χ3v) is 4.04. The Morgan fingerprint density at radius 1 is 1.40 bits per heavy atom. The minimum atomic E-state index is -0.370. The van der Waals surface area contributed by atoms with E-state index in [2.05, 4.69) is 27.8 Å². The van der Waals surface area contributed by atoms with Crippen LogP contribution < -0.4 is 10.6 Å². The summed E-state index contributed by atoms with van der Waals surface area (Å²) in [6.07, 6.45) is 1.02. The highest BCUT2D eigenvalue weighted by Crippen LogP contribution is 2.22. The van der Waals surface area contributed by atoms with Crippen molar-refractivity contribution in [1.29, 1.82) is 0 Å². The molecule has 0 spiro atoms. The summed E-state index contributed by atoms with van der Waals surface area (Å²) in [5.41, 5.74) is 1.22. The van der Waals surface area contributed by atoms with Gasteiger partial charge in [-0.2, -0.15) is 0 Å². The van der Waals surface area contributed by atoms with E-state index in [1.807, 2.05) is 18.2 Å². The van der Waals surface area contributed by atoms with E-state index in [9.17, 15) is 9.59 Å². The molecule has 0 aromatic heterocycles. The summed E-state index contributed by atoms with van der Waals surface area (Å²) in [5, 5.41) is 5.47. The van der Waals surface area contributed by atoms with E-state index in [0.29, 0.717) is 11.7 Å². The van der Waals surface area contributed by atoms with E-state index in [4.69, 9.17) is 0 Å². The first-order valence-electron chi connectivity index (χ1n) is 6.45. The van der Waals surface area contributed by atoms with Crippen molar-refractivity contribution in [2.75, 3.05) is 13.6 Å². The number of rotatable bonds is 5. The van der Waals surface area contributed by atoms with E-state index in [0.717, 1.165) is 6.42 Å². The van der Waals surface area contributed by atoms with Crippen LogP contribution in [-0.4, -0.2) is 35.8 Å². The van der Waals surface area contributed by atoms with Gasteiger partial charge in [0.25, 0.3) is 0 Å². The van der Waals surface area contributed by atoms with Crippen LogP contribution in [0.3, 0.4) is 0 Å². The number of thioether (sulfide) groups is 1. The van der Waals surface area contributed by atoms with Crippen molar-refractivity contribution in [2.45, 2.75) is 18.1 Å². The fraction of sp³-hybridized carbons (Fsp3) is 0.357. The number of nitrogens with one attached hydrogen (secondary N) is 2. The van der Waals surface area contributed by atoms with Crippen molar-refractivity contribution < 1.29 is 9.59 Å². The van der Waals surface area contributed by atoms with Gasteiger partial charge in [-0.25, -0.2) is 0 Å². The maximum absolute atomic E-state index is 11.7. The molecule has 5 nitrogen and oxygen atoms in total. The SMILES string of the molecule is CNC(=O)CC1SC(=NCCc2ccccc2)NC1=O. The number of amidine groups is 1. The van der Waals surface area contributed by atoms with Crippen molar-refractivity contribution in [2.24, 2.45) is 4.99 Å². The molecule has 1 aliphatic rings. The Kier molecular flexibility index (Phi) is 5.17. The molecule has 2 rings (SSSR count). The zero-order valence-electron chi connectivity index (χ0n) is 11.3. The Hall–Kier alpha value is -1.82. The molecule has 20 heavy (non-hydrogen) atoms. The highest BCUT2D eigenvalue weighted by Gasteiger charge is 2.31. The smallest absolute Gasteiger partial charge is 0.240 e. The number of nitrogens with zero attached hydrogens (tertiary/aromatic N) is 1. The predicted molar refractivity (Wildman–Crippen MR) is 80.7 cm³/mol. The zero-order valence-corrected chi connectivity index (χ0v) is 12.1. The summed E-state index contributed by atoms with van der Waals surface area (Å²) < 4.78 is 0. The van der Waals surface area contributed by atoms with E-state index in [-0.39, 0.29) is 23.5 Å². The quantitative estimate of drug-likeness (QED) is 0.848. The Morgan fingerprint density at radius 2 is 2.15 bits per heavy atom. The molecule has 1 aromatic rings. The molecule has 0 aliphatic carbocycles. The third-order valence-electron chi connectivity index (χ3n) is 2.92. The van der Waals surface area contributed by atoms with Gasteiger partial charge in [-0.1, -0.05) is 42.1 Å². The predicted octanol–water partition coefficient (Wildman–Crippen LogP) is 0.953. The van der Waals surface area contributed by atoms with Crippen LogP contribution >= 0.6 is 11.8 Å². The summed E-state index contributed by atoms with van der Waals surface area (Å²) in [4.78, 5) is 27.3. The number of carbonyl (C=O) groups excluding carboxylic acids is 2. The molecule has 1 saturated heterocycles. The number of hydrogen-bond acceptors (Lipinski definition) is 4. The van der Waals surface area contributed by atoms with Gasteiger partial charge >= 0.3 is 0 Å². The van der Waals surface area contributed by atoms with E-state index in [1.165, 1.54) is 17.3 Å². The molecule has 0 saturated carbocycles. The monoisotopic (exact) mass is 291 g/mol.